The van der Waals surface area contributed by atoms with Crippen LogP contribution in [0.1, 0.15) is 57.3 Å². The van der Waals surface area contributed by atoms with Gasteiger partial charge in [-0.05, 0) is 40.5 Å². The van der Waals surface area contributed by atoms with Gasteiger partial charge in [-0.15, -0.1) is 0 Å². The Balaban J connectivity index is 1.27. The summed E-state index contributed by atoms with van der Waals surface area (Å²) < 4.78 is 5.41. The molecule has 3 N–H and O–H groups in total. The van der Waals surface area contributed by atoms with Crippen LogP contribution >= 0.6 is 0 Å². The second-order valence-corrected chi connectivity index (χ2v) is 13.8. The Morgan fingerprint density at radius 2 is 0.902 bits per heavy atom. The monoisotopic (exact) mass is 668 g/mol. The molecule has 252 valence electrons. The van der Waals surface area contributed by atoms with E-state index in [4.69, 9.17) is 4.67 Å². The smallest absolute Gasteiger partial charge is 0.313 e. The Morgan fingerprint density at radius 1 is 0.471 bits per heavy atom. The maximum atomic E-state index is 13.0. The zero-order valence-electron chi connectivity index (χ0n) is 27.9. The lowest BCUT2D eigenvalue weighted by Gasteiger charge is -2.43. The molecule has 9 rings (SSSR count). The summed E-state index contributed by atoms with van der Waals surface area (Å²) in [6.45, 7) is 0. The molecule has 5 heterocycles. The highest BCUT2D eigenvalue weighted by atomic mass is 16.8. The summed E-state index contributed by atoms with van der Waals surface area (Å²) in [7, 11) is 0. The molecule has 0 radical (unpaired) electrons. The summed E-state index contributed by atoms with van der Waals surface area (Å²) in [6.07, 6.45) is 10.7. The van der Waals surface area contributed by atoms with Gasteiger partial charge in [0.25, 0.3) is 0 Å². The van der Waals surface area contributed by atoms with Crippen molar-refractivity contribution in [3.8, 4) is 0 Å². The highest BCUT2D eigenvalue weighted by Crippen LogP contribution is 2.41. The van der Waals surface area contributed by atoms with E-state index in [0.717, 1.165) is 33.9 Å². The summed E-state index contributed by atoms with van der Waals surface area (Å²) >= 11 is 0. The lowest BCUT2D eigenvalue weighted by Crippen LogP contribution is -2.43. The van der Waals surface area contributed by atoms with Crippen molar-refractivity contribution in [3.05, 3.63) is 214 Å². The molecule has 7 heteroatoms. The first-order chi connectivity index (χ1) is 25.1. The average Bonchev–Trinajstić information content (AvgIpc) is 4.00. The molecule has 7 nitrogen and oxygen atoms in total. The predicted octanol–water partition coefficient (Wildman–Crippen LogP) is 6.80. The van der Waals surface area contributed by atoms with Crippen molar-refractivity contribution >= 4 is 11.4 Å². The summed E-state index contributed by atoms with van der Waals surface area (Å²) in [5.41, 5.74) is 8.45. The van der Waals surface area contributed by atoms with Crippen LogP contribution in [0.5, 0.6) is 0 Å². The minimum absolute atomic E-state index is 0.00378. The van der Waals surface area contributed by atoms with Crippen molar-refractivity contribution in [1.29, 1.82) is 0 Å². The van der Waals surface area contributed by atoms with Gasteiger partial charge in [-0.2, -0.15) is 0 Å². The van der Waals surface area contributed by atoms with Gasteiger partial charge in [0, 0.05) is 59.2 Å². The van der Waals surface area contributed by atoms with Gasteiger partial charge in [0.15, 0.2) is 0 Å². The first-order valence-electron chi connectivity index (χ1n) is 17.7. The SMILES string of the molecule is [O-]N([O-])C1=CC2NC1C(c1ccccc1)c1ccc([nH]1)C(c1ccccc1)C1C=CC(N1)C(c1ccccc1)C1=[N+]=C(C=C1)C2c1ccccc1. The van der Waals surface area contributed by atoms with Crippen LogP contribution in [0.25, 0.3) is 0 Å². The molecule has 8 bridgehead atoms. The first-order valence-corrected chi connectivity index (χ1v) is 17.7. The van der Waals surface area contributed by atoms with Gasteiger partial charge in [-0.1, -0.05) is 138 Å². The number of aromatic amines is 1. The van der Waals surface area contributed by atoms with Gasteiger partial charge in [-0.25, -0.2) is 0 Å². The molecule has 0 spiro atoms. The molecule has 1 aromatic heterocycles. The number of H-pyrrole nitrogens is 1. The van der Waals surface area contributed by atoms with E-state index in [9.17, 15) is 10.4 Å². The highest BCUT2D eigenvalue weighted by Gasteiger charge is 2.45. The number of fused-ring (bicyclic) bond motifs is 6. The fraction of sp³-hybridized carbons (Fsp3) is 0.182. The van der Waals surface area contributed by atoms with E-state index in [2.05, 4.69) is 125 Å². The first kappa shape index (κ1) is 31.5. The number of benzene rings is 4. The van der Waals surface area contributed by atoms with Gasteiger partial charge in [0.1, 0.15) is 11.8 Å². The molecule has 0 amide bonds. The third kappa shape index (κ3) is 5.81. The second-order valence-electron chi connectivity index (χ2n) is 13.8. The van der Waals surface area contributed by atoms with E-state index < -0.39 is 6.04 Å². The molecule has 0 fully saturated rings. The normalized spacial score (nSPS) is 27.9. The third-order valence-corrected chi connectivity index (χ3v) is 10.9. The minimum Gasteiger partial charge on any atom is -0.770 e. The van der Waals surface area contributed by atoms with Crippen LogP contribution < -0.4 is 15.3 Å². The van der Waals surface area contributed by atoms with Crippen molar-refractivity contribution in [2.45, 2.75) is 47.8 Å². The zero-order valence-corrected chi connectivity index (χ0v) is 27.9. The topological polar surface area (TPSA) is 103 Å². The molecule has 0 saturated heterocycles. The highest BCUT2D eigenvalue weighted by molar-refractivity contribution is 6.15. The van der Waals surface area contributed by atoms with Crippen molar-refractivity contribution in [1.82, 2.24) is 25.5 Å². The number of nitrogens with one attached hydrogen (secondary N) is 3. The van der Waals surface area contributed by atoms with Crippen molar-refractivity contribution in [2.24, 2.45) is 0 Å². The van der Waals surface area contributed by atoms with Gasteiger partial charge in [-0.3, -0.25) is 0 Å². The molecule has 4 aliphatic rings. The molecular weight excluding hydrogens is 631 g/mol. The Kier molecular flexibility index (Phi) is 8.21. The molecule has 0 aliphatic carbocycles. The van der Waals surface area contributed by atoms with Crippen LogP contribution in [-0.4, -0.2) is 45.8 Å². The molecule has 4 aliphatic heterocycles. The molecule has 5 aromatic rings. The quantitative estimate of drug-likeness (QED) is 0.109. The van der Waals surface area contributed by atoms with Crippen LogP contribution in [0.2, 0.25) is 0 Å². The van der Waals surface area contributed by atoms with E-state index in [0.29, 0.717) is 0 Å². The Morgan fingerprint density at radius 3 is 1.41 bits per heavy atom. The maximum absolute atomic E-state index is 13.0. The van der Waals surface area contributed by atoms with E-state index >= 15 is 0 Å². The van der Waals surface area contributed by atoms with Crippen molar-refractivity contribution < 1.29 is 0 Å². The van der Waals surface area contributed by atoms with Gasteiger partial charge < -0.3 is 31.3 Å². The fourth-order valence-electron chi connectivity index (χ4n) is 8.68. The van der Waals surface area contributed by atoms with Crippen molar-refractivity contribution in [2.75, 3.05) is 0 Å². The molecule has 0 saturated carbocycles. The average molecular weight is 669 g/mol. The lowest BCUT2D eigenvalue weighted by atomic mass is 9.86. The Hall–Kier alpha value is -5.53. The summed E-state index contributed by atoms with van der Waals surface area (Å²) in [6, 6.07) is 44.9. The molecule has 8 unspecified atom stereocenters. The number of rotatable bonds is 5. The number of allylic oxidation sites excluding steroid dienone is 2. The standard InChI is InChI=1S/C44H38N5O2/c50-49(51)39-27-38-42(30-17-9-3-10-18-30)36-24-23-34(46-36)40(28-13-5-1-6-14-28)32-21-22-33(45-32)41(29-15-7-2-8-16-29)35-25-26-37(47-35)43(44(39)48-38)31-19-11-4-12-20-31/h1-27,32-33,38,40-45,47-48H/q-1. The van der Waals surface area contributed by atoms with Crippen LogP contribution in [-0.2, 0) is 0 Å². The maximum Gasteiger partial charge on any atom is 0.313 e. The van der Waals surface area contributed by atoms with Crippen LogP contribution in [0.3, 0.4) is 0 Å². The summed E-state index contributed by atoms with van der Waals surface area (Å²) in [5, 5.41) is 33.5. The van der Waals surface area contributed by atoms with E-state index in [-0.39, 0.29) is 52.7 Å². The third-order valence-electron chi connectivity index (χ3n) is 10.9. The van der Waals surface area contributed by atoms with Crippen LogP contribution in [0, 0.1) is 10.4 Å². The second kappa shape index (κ2) is 13.3. The Labute approximate surface area is 297 Å². The van der Waals surface area contributed by atoms with E-state index in [1.54, 1.807) is 0 Å². The number of hydrogen-bond donors (Lipinski definition) is 3. The van der Waals surface area contributed by atoms with Gasteiger partial charge >= 0.3 is 11.4 Å². The molecule has 4 aromatic carbocycles. The number of nitrogens with zero attached hydrogens (tertiary/aromatic N) is 2. The number of aromatic nitrogens is 1. The summed E-state index contributed by atoms with van der Waals surface area (Å²) in [4.78, 5) is 3.83. The number of hydroxylamine groups is 2. The number of hydrogen-bond acceptors (Lipinski definition) is 5. The fourth-order valence-corrected chi connectivity index (χ4v) is 8.68. The molecule has 51 heavy (non-hydrogen) atoms. The minimum atomic E-state index is -0.589. The Bertz CT molecular complexity index is 2170. The van der Waals surface area contributed by atoms with Crippen molar-refractivity contribution in [3.63, 3.8) is 0 Å². The largest absolute Gasteiger partial charge is 0.770 e. The lowest BCUT2D eigenvalue weighted by molar-refractivity contribution is 0.449. The van der Waals surface area contributed by atoms with Crippen LogP contribution in [0.4, 0.5) is 0 Å². The summed E-state index contributed by atoms with van der Waals surface area (Å²) in [5.74, 6) is -0.657. The van der Waals surface area contributed by atoms with E-state index in [1.165, 1.54) is 11.1 Å². The zero-order chi connectivity index (χ0) is 34.3. The van der Waals surface area contributed by atoms with Crippen LogP contribution in [0.15, 0.2) is 170 Å². The molecule has 8 atom stereocenters. The molecular formula is C44H38N5O2-. The van der Waals surface area contributed by atoms with Gasteiger partial charge in [0.05, 0.1) is 6.04 Å². The predicted molar refractivity (Wildman–Crippen MR) is 204 cm³/mol. The van der Waals surface area contributed by atoms with E-state index in [1.807, 2.05) is 54.6 Å². The van der Waals surface area contributed by atoms with Gasteiger partial charge in [0.2, 0.25) is 0 Å².